The first-order valence-corrected chi connectivity index (χ1v) is 9.37. The minimum absolute atomic E-state index is 0.155. The van der Waals surface area contributed by atoms with Gasteiger partial charge in [-0.1, -0.05) is 52.0 Å². The first-order valence-electron chi connectivity index (χ1n) is 9.37. The average molecular weight is 383 g/mol. The molecular formula is C22H30N4O2. The van der Waals surface area contributed by atoms with Gasteiger partial charge in [0.25, 0.3) is 0 Å². The lowest BCUT2D eigenvalue weighted by Gasteiger charge is -2.31. The Morgan fingerprint density at radius 1 is 0.964 bits per heavy atom. The summed E-state index contributed by atoms with van der Waals surface area (Å²) in [5.41, 5.74) is 8.58. The van der Waals surface area contributed by atoms with Crippen LogP contribution in [0.15, 0.2) is 48.5 Å². The number of anilines is 2. The summed E-state index contributed by atoms with van der Waals surface area (Å²) in [5, 5.41) is 5.48. The van der Waals surface area contributed by atoms with Gasteiger partial charge in [0, 0.05) is 30.4 Å². The molecule has 0 heterocycles. The first kappa shape index (κ1) is 21.3. The number of amides is 4. The van der Waals surface area contributed by atoms with Crippen LogP contribution in [0, 0.1) is 0 Å². The summed E-state index contributed by atoms with van der Waals surface area (Å²) in [4.78, 5) is 25.2. The van der Waals surface area contributed by atoms with E-state index in [0.717, 1.165) is 11.3 Å². The zero-order valence-corrected chi connectivity index (χ0v) is 17.2. The smallest absolute Gasteiger partial charge is 0.321 e. The van der Waals surface area contributed by atoms with Crippen LogP contribution in [0.5, 0.6) is 0 Å². The van der Waals surface area contributed by atoms with Gasteiger partial charge in [-0.25, -0.2) is 9.59 Å². The van der Waals surface area contributed by atoms with E-state index in [4.69, 9.17) is 5.73 Å². The van der Waals surface area contributed by atoms with Gasteiger partial charge in [0.1, 0.15) is 0 Å². The van der Waals surface area contributed by atoms with Crippen LogP contribution in [-0.4, -0.2) is 30.6 Å². The van der Waals surface area contributed by atoms with E-state index in [1.165, 1.54) is 5.56 Å². The van der Waals surface area contributed by atoms with E-state index in [0.29, 0.717) is 18.2 Å². The van der Waals surface area contributed by atoms with Crippen LogP contribution in [-0.2, 0) is 5.41 Å². The Labute approximate surface area is 167 Å². The largest absolute Gasteiger partial charge is 0.351 e. The van der Waals surface area contributed by atoms with Gasteiger partial charge in [0.05, 0.1) is 0 Å². The van der Waals surface area contributed by atoms with Crippen molar-refractivity contribution in [1.29, 1.82) is 0 Å². The second-order valence-electron chi connectivity index (χ2n) is 8.01. The molecule has 2 aromatic rings. The van der Waals surface area contributed by atoms with Crippen molar-refractivity contribution in [2.45, 2.75) is 39.0 Å². The predicted molar refractivity (Wildman–Crippen MR) is 115 cm³/mol. The minimum atomic E-state index is -0.593. The van der Waals surface area contributed by atoms with E-state index in [-0.39, 0.29) is 11.4 Å². The molecule has 6 nitrogen and oxygen atoms in total. The van der Waals surface area contributed by atoms with E-state index < -0.39 is 6.03 Å². The van der Waals surface area contributed by atoms with E-state index in [1.807, 2.05) is 36.4 Å². The molecule has 0 radical (unpaired) electrons. The molecule has 0 aliphatic rings. The summed E-state index contributed by atoms with van der Waals surface area (Å²) in [6, 6.07) is 14.6. The van der Waals surface area contributed by atoms with Crippen molar-refractivity contribution in [2.75, 3.05) is 24.2 Å². The average Bonchev–Trinajstić information content (AvgIpc) is 2.61. The zero-order chi connectivity index (χ0) is 20.9. The Bertz CT molecular complexity index is 811. The highest BCUT2D eigenvalue weighted by Crippen LogP contribution is 2.26. The molecule has 2 rings (SSSR count). The lowest BCUT2D eigenvalue weighted by molar-refractivity contribution is 0.212. The van der Waals surface area contributed by atoms with Crippen molar-refractivity contribution in [3.8, 4) is 0 Å². The van der Waals surface area contributed by atoms with Crippen LogP contribution in [0.4, 0.5) is 21.0 Å². The third-order valence-corrected chi connectivity index (χ3v) is 4.74. The van der Waals surface area contributed by atoms with E-state index in [9.17, 15) is 9.59 Å². The SMILES string of the molecule is CC(C)c1ccc(NC(=O)N(C)CC(C)(C)c2ccc(NC(N)=O)cc2)cc1. The fourth-order valence-electron chi connectivity index (χ4n) is 3.07. The molecule has 6 heteroatoms. The maximum Gasteiger partial charge on any atom is 0.321 e. The lowest BCUT2D eigenvalue weighted by atomic mass is 9.84. The van der Waals surface area contributed by atoms with Gasteiger partial charge in [0.15, 0.2) is 0 Å². The Hall–Kier alpha value is -3.02. The van der Waals surface area contributed by atoms with E-state index in [1.54, 1.807) is 24.1 Å². The molecule has 2 aromatic carbocycles. The molecule has 0 bridgehead atoms. The molecule has 0 fully saturated rings. The minimum Gasteiger partial charge on any atom is -0.351 e. The molecule has 0 aromatic heterocycles. The molecule has 4 N–H and O–H groups in total. The second-order valence-corrected chi connectivity index (χ2v) is 8.01. The summed E-state index contributed by atoms with van der Waals surface area (Å²) in [6.07, 6.45) is 0. The molecule has 0 unspecified atom stereocenters. The van der Waals surface area contributed by atoms with Crippen LogP contribution in [0.1, 0.15) is 44.7 Å². The fraction of sp³-hybridized carbons (Fsp3) is 0.364. The molecule has 4 amide bonds. The Morgan fingerprint density at radius 2 is 1.46 bits per heavy atom. The molecule has 0 spiro atoms. The molecule has 0 saturated heterocycles. The molecule has 0 saturated carbocycles. The highest BCUT2D eigenvalue weighted by molar-refractivity contribution is 5.89. The number of nitrogens with two attached hydrogens (primary N) is 1. The number of nitrogens with one attached hydrogen (secondary N) is 2. The third kappa shape index (κ3) is 5.74. The van der Waals surface area contributed by atoms with Crippen molar-refractivity contribution in [2.24, 2.45) is 5.73 Å². The highest BCUT2D eigenvalue weighted by atomic mass is 16.2. The quantitative estimate of drug-likeness (QED) is 0.674. The number of hydrogen-bond acceptors (Lipinski definition) is 2. The number of primary amides is 1. The summed E-state index contributed by atoms with van der Waals surface area (Å²) in [6.45, 7) is 8.96. The summed E-state index contributed by atoms with van der Waals surface area (Å²) in [5.74, 6) is 0.456. The number of carbonyl (C=O) groups excluding carboxylic acids is 2. The van der Waals surface area contributed by atoms with Crippen molar-refractivity contribution in [1.82, 2.24) is 4.90 Å². The Morgan fingerprint density at radius 3 is 1.96 bits per heavy atom. The number of hydrogen-bond donors (Lipinski definition) is 3. The number of nitrogens with zero attached hydrogens (tertiary/aromatic N) is 1. The fourth-order valence-corrected chi connectivity index (χ4v) is 3.07. The van der Waals surface area contributed by atoms with Gasteiger partial charge in [-0.2, -0.15) is 0 Å². The van der Waals surface area contributed by atoms with Gasteiger partial charge < -0.3 is 21.3 Å². The molecule has 0 aliphatic heterocycles. The number of benzene rings is 2. The van der Waals surface area contributed by atoms with Crippen LogP contribution >= 0.6 is 0 Å². The molecular weight excluding hydrogens is 352 g/mol. The van der Waals surface area contributed by atoms with E-state index >= 15 is 0 Å². The second kappa shape index (κ2) is 8.78. The summed E-state index contributed by atoms with van der Waals surface area (Å²) < 4.78 is 0. The highest BCUT2D eigenvalue weighted by Gasteiger charge is 2.25. The van der Waals surface area contributed by atoms with Gasteiger partial charge >= 0.3 is 12.1 Å². The lowest BCUT2D eigenvalue weighted by Crippen LogP contribution is -2.40. The number of rotatable bonds is 6. The number of likely N-dealkylation sites (N-methyl/N-ethyl adjacent to an activating group) is 1. The molecule has 0 atom stereocenters. The normalized spacial score (nSPS) is 11.2. The van der Waals surface area contributed by atoms with Crippen molar-refractivity contribution < 1.29 is 9.59 Å². The van der Waals surface area contributed by atoms with Gasteiger partial charge in [0.2, 0.25) is 0 Å². The summed E-state index contributed by atoms with van der Waals surface area (Å²) >= 11 is 0. The zero-order valence-electron chi connectivity index (χ0n) is 17.2. The maximum absolute atomic E-state index is 12.6. The third-order valence-electron chi connectivity index (χ3n) is 4.74. The van der Waals surface area contributed by atoms with Gasteiger partial charge in [-0.05, 0) is 41.3 Å². The monoisotopic (exact) mass is 382 g/mol. The van der Waals surface area contributed by atoms with Crippen LogP contribution < -0.4 is 16.4 Å². The Balaban J connectivity index is 2.00. The topological polar surface area (TPSA) is 87.5 Å². The van der Waals surface area contributed by atoms with Gasteiger partial charge in [-0.3, -0.25) is 0 Å². The predicted octanol–water partition coefficient (Wildman–Crippen LogP) is 4.74. The summed E-state index contributed by atoms with van der Waals surface area (Å²) in [7, 11) is 1.78. The number of carbonyl (C=O) groups is 2. The number of urea groups is 2. The van der Waals surface area contributed by atoms with Crippen molar-refractivity contribution in [3.05, 3.63) is 59.7 Å². The Kier molecular flexibility index (Phi) is 6.67. The molecule has 0 aliphatic carbocycles. The van der Waals surface area contributed by atoms with Gasteiger partial charge in [-0.15, -0.1) is 0 Å². The maximum atomic E-state index is 12.6. The van der Waals surface area contributed by atoms with E-state index in [2.05, 4.69) is 38.3 Å². The van der Waals surface area contributed by atoms with Crippen LogP contribution in [0.2, 0.25) is 0 Å². The van der Waals surface area contributed by atoms with Crippen LogP contribution in [0.3, 0.4) is 0 Å². The van der Waals surface area contributed by atoms with Crippen LogP contribution in [0.25, 0.3) is 0 Å². The molecule has 150 valence electrons. The molecule has 28 heavy (non-hydrogen) atoms. The van der Waals surface area contributed by atoms with Crippen molar-refractivity contribution >= 4 is 23.4 Å². The van der Waals surface area contributed by atoms with Crippen molar-refractivity contribution in [3.63, 3.8) is 0 Å². The standard InChI is InChI=1S/C22H30N4O2/c1-15(2)16-6-10-19(11-7-16)25-21(28)26(5)14-22(3,4)17-8-12-18(13-9-17)24-20(23)27/h6-13,15H,14H2,1-5H3,(H,25,28)(H3,23,24,27). The first-order chi connectivity index (χ1) is 13.1.